The second-order valence-electron chi connectivity index (χ2n) is 6.61. The molecule has 3 atom stereocenters. The third-order valence-corrected chi connectivity index (χ3v) is 5.76. The highest BCUT2D eigenvalue weighted by Crippen LogP contribution is 2.63. The summed E-state index contributed by atoms with van der Waals surface area (Å²) in [6.45, 7) is 1.47. The minimum Gasteiger partial charge on any atom is -0.383 e. The van der Waals surface area contributed by atoms with Gasteiger partial charge >= 0.3 is 0 Å². The van der Waals surface area contributed by atoms with Gasteiger partial charge in [0, 0.05) is 18.3 Å². The Kier molecular flexibility index (Phi) is 2.80. The zero-order valence-electron chi connectivity index (χ0n) is 11.6. The smallest absolute Gasteiger partial charge is 0.198 e. The molecule has 1 N–H and O–H groups in total. The van der Waals surface area contributed by atoms with Crippen LogP contribution in [0.15, 0.2) is 11.6 Å². The predicted octanol–water partition coefficient (Wildman–Crippen LogP) is 2.78. The van der Waals surface area contributed by atoms with E-state index in [0.29, 0.717) is 11.8 Å². The Balaban J connectivity index is 1.75. The molecule has 0 aromatic heterocycles. The molecule has 106 valence electrons. The van der Waals surface area contributed by atoms with Crippen LogP contribution >= 0.6 is 0 Å². The van der Waals surface area contributed by atoms with Crippen molar-refractivity contribution in [1.82, 2.24) is 0 Å². The molecule has 3 heteroatoms. The van der Waals surface area contributed by atoms with Gasteiger partial charge in [-0.1, -0.05) is 18.1 Å². The zero-order valence-corrected chi connectivity index (χ0v) is 11.6. The van der Waals surface area contributed by atoms with Gasteiger partial charge < -0.3 is 14.6 Å². The fraction of sp³-hybridized carbons (Fsp3) is 0.875. The molecule has 1 saturated heterocycles. The van der Waals surface area contributed by atoms with Crippen molar-refractivity contribution in [3.63, 3.8) is 0 Å². The highest BCUT2D eigenvalue weighted by Gasteiger charge is 2.70. The summed E-state index contributed by atoms with van der Waals surface area (Å²) in [4.78, 5) is 0. The normalized spacial score (nSPS) is 44.6. The Morgan fingerprint density at radius 2 is 1.74 bits per heavy atom. The molecule has 0 bridgehead atoms. The van der Waals surface area contributed by atoms with Crippen molar-refractivity contribution in [3.05, 3.63) is 11.6 Å². The minimum atomic E-state index is -0.754. The summed E-state index contributed by atoms with van der Waals surface area (Å²) in [5.41, 5.74) is 0.753. The molecule has 2 saturated carbocycles. The standard InChI is InChI=1S/C16H24O3/c17-16-13-7-2-1-6-12(13)14(16)8-3-4-9-15(16)18-10-5-11-19-15/h6,13-14,17H,1-5,7-11H2/t13-,14-,16-/m1/s1. The second kappa shape index (κ2) is 4.31. The predicted molar refractivity (Wildman–Crippen MR) is 71.6 cm³/mol. The van der Waals surface area contributed by atoms with E-state index in [0.717, 1.165) is 45.3 Å². The molecule has 3 aliphatic carbocycles. The average molecular weight is 264 g/mol. The van der Waals surface area contributed by atoms with E-state index in [1.54, 1.807) is 0 Å². The summed E-state index contributed by atoms with van der Waals surface area (Å²) < 4.78 is 12.1. The van der Waals surface area contributed by atoms with E-state index >= 15 is 0 Å². The van der Waals surface area contributed by atoms with Crippen molar-refractivity contribution in [2.24, 2.45) is 11.8 Å². The lowest BCUT2D eigenvalue weighted by Gasteiger charge is -2.63. The van der Waals surface area contributed by atoms with Crippen LogP contribution in [-0.2, 0) is 9.47 Å². The molecular formula is C16H24O3. The van der Waals surface area contributed by atoms with Crippen LogP contribution < -0.4 is 0 Å². The lowest BCUT2D eigenvalue weighted by molar-refractivity contribution is -0.377. The van der Waals surface area contributed by atoms with Crippen molar-refractivity contribution >= 4 is 0 Å². The third kappa shape index (κ3) is 1.50. The summed E-state index contributed by atoms with van der Waals surface area (Å²) in [7, 11) is 0. The molecule has 1 aliphatic heterocycles. The Hall–Kier alpha value is -0.380. The van der Waals surface area contributed by atoms with Gasteiger partial charge in [-0.15, -0.1) is 0 Å². The van der Waals surface area contributed by atoms with E-state index in [1.807, 2.05) is 0 Å². The van der Waals surface area contributed by atoms with Crippen molar-refractivity contribution in [2.45, 2.75) is 62.8 Å². The topological polar surface area (TPSA) is 38.7 Å². The molecule has 1 spiro atoms. The zero-order chi connectivity index (χ0) is 12.9. The maximum atomic E-state index is 11.5. The largest absolute Gasteiger partial charge is 0.383 e. The van der Waals surface area contributed by atoms with Crippen molar-refractivity contribution < 1.29 is 14.6 Å². The summed E-state index contributed by atoms with van der Waals surface area (Å²) in [5, 5.41) is 11.5. The number of aliphatic hydroxyl groups is 1. The number of allylic oxidation sites excluding steroid dienone is 1. The van der Waals surface area contributed by atoms with Gasteiger partial charge in [0.1, 0.15) is 5.60 Å². The first kappa shape index (κ1) is 12.4. The van der Waals surface area contributed by atoms with E-state index in [2.05, 4.69) is 6.08 Å². The van der Waals surface area contributed by atoms with Gasteiger partial charge in [-0.05, 0) is 38.5 Å². The lowest BCUT2D eigenvalue weighted by atomic mass is 9.50. The Labute approximate surface area is 115 Å². The van der Waals surface area contributed by atoms with Crippen LogP contribution in [0, 0.1) is 11.8 Å². The molecule has 1 heterocycles. The first-order valence-corrected chi connectivity index (χ1v) is 7.98. The molecular weight excluding hydrogens is 240 g/mol. The van der Waals surface area contributed by atoms with E-state index in [9.17, 15) is 5.11 Å². The summed E-state index contributed by atoms with van der Waals surface area (Å²) >= 11 is 0. The maximum Gasteiger partial charge on any atom is 0.198 e. The molecule has 3 nitrogen and oxygen atoms in total. The summed E-state index contributed by atoms with van der Waals surface area (Å²) in [6.07, 6.45) is 11.1. The molecule has 0 aromatic rings. The van der Waals surface area contributed by atoms with Crippen LogP contribution in [0.5, 0.6) is 0 Å². The molecule has 0 radical (unpaired) electrons. The maximum absolute atomic E-state index is 11.5. The SMILES string of the molecule is O[C@]12[C@@H]3CCCC=C3[C@H]1CCCCC21OCCCO1. The van der Waals surface area contributed by atoms with Crippen LogP contribution in [0.4, 0.5) is 0 Å². The van der Waals surface area contributed by atoms with Gasteiger partial charge in [-0.2, -0.15) is 0 Å². The van der Waals surface area contributed by atoms with E-state index in [1.165, 1.54) is 24.8 Å². The molecule has 0 amide bonds. The molecule has 3 fully saturated rings. The average Bonchev–Trinajstić information content (AvgIpc) is 2.57. The minimum absolute atomic E-state index is 0.290. The number of rotatable bonds is 0. The molecule has 0 aromatic carbocycles. The fourth-order valence-corrected chi connectivity index (χ4v) is 4.93. The quantitative estimate of drug-likeness (QED) is 0.684. The van der Waals surface area contributed by atoms with Crippen molar-refractivity contribution in [1.29, 1.82) is 0 Å². The number of ether oxygens (including phenoxy) is 2. The fourth-order valence-electron chi connectivity index (χ4n) is 4.93. The van der Waals surface area contributed by atoms with E-state index in [-0.39, 0.29) is 0 Å². The molecule has 19 heavy (non-hydrogen) atoms. The van der Waals surface area contributed by atoms with Crippen LogP contribution in [0.1, 0.15) is 51.4 Å². The highest BCUT2D eigenvalue weighted by atomic mass is 16.7. The molecule has 4 aliphatic rings. The Morgan fingerprint density at radius 1 is 1.00 bits per heavy atom. The monoisotopic (exact) mass is 264 g/mol. The summed E-state index contributed by atoms with van der Waals surface area (Å²) in [6, 6.07) is 0. The highest BCUT2D eigenvalue weighted by molar-refractivity contribution is 5.36. The van der Waals surface area contributed by atoms with Crippen LogP contribution in [0.2, 0.25) is 0 Å². The number of fused-ring (bicyclic) bond motifs is 5. The van der Waals surface area contributed by atoms with Gasteiger partial charge in [-0.25, -0.2) is 0 Å². The van der Waals surface area contributed by atoms with Crippen LogP contribution in [-0.4, -0.2) is 29.7 Å². The lowest BCUT2D eigenvalue weighted by Crippen LogP contribution is -2.72. The third-order valence-electron chi connectivity index (χ3n) is 5.76. The van der Waals surface area contributed by atoms with Gasteiger partial charge in [0.25, 0.3) is 0 Å². The van der Waals surface area contributed by atoms with E-state index in [4.69, 9.17) is 9.47 Å². The van der Waals surface area contributed by atoms with Crippen LogP contribution in [0.3, 0.4) is 0 Å². The van der Waals surface area contributed by atoms with Gasteiger partial charge in [-0.3, -0.25) is 0 Å². The first-order valence-electron chi connectivity index (χ1n) is 7.98. The Bertz CT molecular complexity index is 397. The molecule has 4 rings (SSSR count). The van der Waals surface area contributed by atoms with Gasteiger partial charge in [0.05, 0.1) is 13.2 Å². The Morgan fingerprint density at radius 3 is 2.53 bits per heavy atom. The number of hydrogen-bond acceptors (Lipinski definition) is 3. The van der Waals surface area contributed by atoms with Crippen molar-refractivity contribution in [3.8, 4) is 0 Å². The second-order valence-corrected chi connectivity index (χ2v) is 6.61. The summed E-state index contributed by atoms with van der Waals surface area (Å²) in [5.74, 6) is -0.118. The van der Waals surface area contributed by atoms with Crippen molar-refractivity contribution in [2.75, 3.05) is 13.2 Å². The molecule has 0 unspecified atom stereocenters. The van der Waals surface area contributed by atoms with Gasteiger partial charge in [0.2, 0.25) is 0 Å². The van der Waals surface area contributed by atoms with Crippen LogP contribution in [0.25, 0.3) is 0 Å². The number of hydrogen-bond donors (Lipinski definition) is 1. The van der Waals surface area contributed by atoms with E-state index < -0.39 is 11.4 Å². The first-order chi connectivity index (χ1) is 9.28. The van der Waals surface area contributed by atoms with Gasteiger partial charge in [0.15, 0.2) is 5.79 Å².